The van der Waals surface area contributed by atoms with Gasteiger partial charge in [-0.25, -0.2) is 0 Å². The summed E-state index contributed by atoms with van der Waals surface area (Å²) in [6.07, 6.45) is 4.51. The van der Waals surface area contributed by atoms with Gasteiger partial charge in [0.25, 0.3) is 0 Å². The first-order valence-corrected chi connectivity index (χ1v) is 6.21. The molecule has 0 spiro atoms. The molecule has 1 saturated heterocycles. The lowest BCUT2D eigenvalue weighted by atomic mass is 10.1. The maximum atomic E-state index is 6.03. The first kappa shape index (κ1) is 13.5. The molecule has 0 bridgehead atoms. The van der Waals surface area contributed by atoms with Gasteiger partial charge in [0.2, 0.25) is 0 Å². The molecule has 0 amide bonds. The van der Waals surface area contributed by atoms with Crippen LogP contribution in [0.2, 0.25) is 0 Å². The van der Waals surface area contributed by atoms with Gasteiger partial charge in [-0.2, -0.15) is 0 Å². The third kappa shape index (κ3) is 3.80. The summed E-state index contributed by atoms with van der Waals surface area (Å²) in [5.41, 5.74) is 0. The lowest BCUT2D eigenvalue weighted by Gasteiger charge is -2.22. The van der Waals surface area contributed by atoms with Crippen molar-refractivity contribution in [1.82, 2.24) is 4.90 Å². The number of ether oxygens (including phenoxy) is 2. The average molecular weight is 227 g/mol. The van der Waals surface area contributed by atoms with E-state index in [1.807, 2.05) is 0 Å². The van der Waals surface area contributed by atoms with Crippen molar-refractivity contribution in [2.75, 3.05) is 33.9 Å². The molecule has 0 N–H and O–H groups in total. The first-order chi connectivity index (χ1) is 7.71. The van der Waals surface area contributed by atoms with Crippen LogP contribution in [0, 0.1) is 5.92 Å². The van der Waals surface area contributed by atoms with Crippen LogP contribution in [0.5, 0.6) is 0 Å². The van der Waals surface area contributed by atoms with Crippen molar-refractivity contribution in [2.24, 2.45) is 5.92 Å². The van der Waals surface area contributed by atoms with Gasteiger partial charge in [-0.3, -0.25) is 0 Å². The lowest BCUT2D eigenvalue weighted by Crippen LogP contribution is -2.22. The van der Waals surface area contributed by atoms with Gasteiger partial charge in [0, 0.05) is 19.6 Å². The minimum Gasteiger partial charge on any atom is -0.492 e. The Bertz CT molecular complexity index is 228. The first-order valence-electron chi connectivity index (χ1n) is 6.21. The monoisotopic (exact) mass is 227 g/mol. The van der Waals surface area contributed by atoms with Crippen LogP contribution in [0.3, 0.4) is 0 Å². The maximum Gasteiger partial charge on any atom is 0.121 e. The highest BCUT2D eigenvalue weighted by atomic mass is 16.5. The van der Waals surface area contributed by atoms with E-state index in [0.717, 1.165) is 18.7 Å². The topological polar surface area (TPSA) is 21.7 Å². The van der Waals surface area contributed by atoms with Crippen molar-refractivity contribution >= 4 is 0 Å². The predicted molar refractivity (Wildman–Crippen MR) is 66.4 cm³/mol. The Morgan fingerprint density at radius 2 is 2.31 bits per heavy atom. The summed E-state index contributed by atoms with van der Waals surface area (Å²) in [7, 11) is 3.89. The normalized spacial score (nSPS) is 24.8. The minimum atomic E-state index is 0.196. The highest BCUT2D eigenvalue weighted by Gasteiger charge is 2.25. The van der Waals surface area contributed by atoms with E-state index < -0.39 is 0 Å². The van der Waals surface area contributed by atoms with Crippen LogP contribution < -0.4 is 0 Å². The minimum absolute atomic E-state index is 0.196. The fraction of sp³-hybridized carbons (Fsp3) is 0.846. The number of nitrogens with zero attached hydrogens (tertiary/aromatic N) is 1. The second-order valence-corrected chi connectivity index (χ2v) is 4.54. The van der Waals surface area contributed by atoms with Crippen LogP contribution >= 0.6 is 0 Å². The molecule has 0 aromatic heterocycles. The number of likely N-dealkylation sites (tertiary alicyclic amines) is 1. The largest absolute Gasteiger partial charge is 0.492 e. The second kappa shape index (κ2) is 6.92. The Kier molecular flexibility index (Phi) is 5.85. The molecule has 1 aliphatic heterocycles. The third-order valence-electron chi connectivity index (χ3n) is 3.19. The predicted octanol–water partition coefficient (Wildman–Crippen LogP) is 2.28. The van der Waals surface area contributed by atoms with Crippen molar-refractivity contribution in [3.8, 4) is 0 Å². The summed E-state index contributed by atoms with van der Waals surface area (Å²) < 4.78 is 11.2. The van der Waals surface area contributed by atoms with Crippen LogP contribution in [0.25, 0.3) is 0 Å². The van der Waals surface area contributed by atoms with E-state index in [1.54, 1.807) is 7.11 Å². The summed E-state index contributed by atoms with van der Waals surface area (Å²) in [5, 5.41) is 0. The molecule has 3 heteroatoms. The third-order valence-corrected chi connectivity index (χ3v) is 3.19. The van der Waals surface area contributed by atoms with Gasteiger partial charge in [0.15, 0.2) is 0 Å². The summed E-state index contributed by atoms with van der Waals surface area (Å²) in [4.78, 5) is 2.36. The van der Waals surface area contributed by atoms with E-state index in [0.29, 0.717) is 12.5 Å². The fourth-order valence-corrected chi connectivity index (χ4v) is 2.18. The van der Waals surface area contributed by atoms with Crippen molar-refractivity contribution < 1.29 is 9.47 Å². The molecule has 1 rings (SSSR count). The number of allylic oxidation sites excluding steroid dienone is 1. The van der Waals surface area contributed by atoms with Gasteiger partial charge in [0.05, 0.1) is 12.4 Å². The molecule has 0 aliphatic carbocycles. The van der Waals surface area contributed by atoms with Crippen LogP contribution in [-0.2, 0) is 9.47 Å². The SMILES string of the molecule is C/C=C(/OC(CC)COC)C1CCN(C)C1. The van der Waals surface area contributed by atoms with Crippen molar-refractivity contribution in [3.05, 3.63) is 11.8 Å². The van der Waals surface area contributed by atoms with Crippen LogP contribution in [0.4, 0.5) is 0 Å². The molecule has 3 nitrogen and oxygen atoms in total. The summed E-state index contributed by atoms with van der Waals surface area (Å²) in [5.74, 6) is 1.72. The van der Waals surface area contributed by atoms with Crippen molar-refractivity contribution in [3.63, 3.8) is 0 Å². The molecule has 0 saturated carbocycles. The van der Waals surface area contributed by atoms with Crippen LogP contribution in [-0.4, -0.2) is 44.9 Å². The van der Waals surface area contributed by atoms with E-state index in [-0.39, 0.29) is 6.10 Å². The molecule has 94 valence electrons. The summed E-state index contributed by atoms with van der Waals surface area (Å²) in [6.45, 7) is 7.16. The highest BCUT2D eigenvalue weighted by Crippen LogP contribution is 2.25. The number of methoxy groups -OCH3 is 1. The van der Waals surface area contributed by atoms with E-state index in [9.17, 15) is 0 Å². The number of rotatable bonds is 6. The highest BCUT2D eigenvalue weighted by molar-refractivity contribution is 5.01. The van der Waals surface area contributed by atoms with Gasteiger partial charge in [-0.1, -0.05) is 6.92 Å². The summed E-state index contributed by atoms with van der Waals surface area (Å²) >= 11 is 0. The zero-order chi connectivity index (χ0) is 12.0. The van der Waals surface area contributed by atoms with Crippen molar-refractivity contribution in [2.45, 2.75) is 32.8 Å². The van der Waals surface area contributed by atoms with Crippen LogP contribution in [0.1, 0.15) is 26.7 Å². The van der Waals surface area contributed by atoms with E-state index in [4.69, 9.17) is 9.47 Å². The zero-order valence-electron chi connectivity index (χ0n) is 11.0. The molecule has 16 heavy (non-hydrogen) atoms. The van der Waals surface area contributed by atoms with Gasteiger partial charge in [-0.05, 0) is 39.4 Å². The molecule has 2 unspecified atom stereocenters. The molecule has 0 radical (unpaired) electrons. The molecule has 2 atom stereocenters. The maximum absolute atomic E-state index is 6.03. The molecule has 0 aromatic carbocycles. The quantitative estimate of drug-likeness (QED) is 0.650. The molecule has 0 aromatic rings. The van der Waals surface area contributed by atoms with E-state index in [2.05, 4.69) is 31.9 Å². The van der Waals surface area contributed by atoms with Gasteiger partial charge >= 0.3 is 0 Å². The Hall–Kier alpha value is -0.540. The second-order valence-electron chi connectivity index (χ2n) is 4.54. The van der Waals surface area contributed by atoms with Gasteiger partial charge in [-0.15, -0.1) is 0 Å². The lowest BCUT2D eigenvalue weighted by molar-refractivity contribution is 0.0234. The van der Waals surface area contributed by atoms with Crippen LogP contribution in [0.15, 0.2) is 11.8 Å². The standard InChI is InChI=1S/C13H25NO2/c1-5-12(10-15-4)16-13(6-2)11-7-8-14(3)9-11/h6,11-12H,5,7-10H2,1-4H3/b13-6+. The summed E-state index contributed by atoms with van der Waals surface area (Å²) in [6, 6.07) is 0. The fourth-order valence-electron chi connectivity index (χ4n) is 2.18. The Morgan fingerprint density at radius 1 is 1.56 bits per heavy atom. The number of hydrogen-bond donors (Lipinski definition) is 0. The van der Waals surface area contributed by atoms with Gasteiger partial charge in [0.1, 0.15) is 6.10 Å². The smallest absolute Gasteiger partial charge is 0.121 e. The molecule has 1 fully saturated rings. The van der Waals surface area contributed by atoms with Crippen molar-refractivity contribution in [1.29, 1.82) is 0 Å². The van der Waals surface area contributed by atoms with E-state index in [1.165, 1.54) is 13.0 Å². The Balaban J connectivity index is 2.48. The average Bonchev–Trinajstić information content (AvgIpc) is 2.71. The molecule has 1 aliphatic rings. The van der Waals surface area contributed by atoms with Gasteiger partial charge < -0.3 is 14.4 Å². The molecular formula is C13H25NO2. The zero-order valence-corrected chi connectivity index (χ0v) is 11.0. The Morgan fingerprint density at radius 3 is 2.75 bits per heavy atom. The Labute approximate surface area is 99.4 Å². The van der Waals surface area contributed by atoms with E-state index >= 15 is 0 Å². The molecular weight excluding hydrogens is 202 g/mol. The molecule has 1 heterocycles. The number of hydrogen-bond acceptors (Lipinski definition) is 3.